The molecule has 88 valence electrons. The minimum Gasteiger partial charge on any atom is -0.258 e. The third kappa shape index (κ3) is 2.52. The van der Waals surface area contributed by atoms with Crippen molar-refractivity contribution in [2.75, 3.05) is 0 Å². The number of nitrogens with zero attached hydrogens (tertiary/aromatic N) is 1. The Labute approximate surface area is 97.5 Å². The van der Waals surface area contributed by atoms with Gasteiger partial charge >= 0.3 is 6.18 Å². The van der Waals surface area contributed by atoms with Crippen LogP contribution in [0.15, 0.2) is 12.1 Å². The molecule has 0 aromatic heterocycles. The highest BCUT2D eigenvalue weighted by Crippen LogP contribution is 2.36. The van der Waals surface area contributed by atoms with Gasteiger partial charge in [-0.25, -0.2) is 0 Å². The average molecular weight is 298 g/mol. The Hall–Kier alpha value is -1.11. The lowest BCUT2D eigenvalue weighted by Gasteiger charge is -2.11. The third-order valence-electron chi connectivity index (χ3n) is 2.07. The van der Waals surface area contributed by atoms with Crippen LogP contribution in [0.25, 0.3) is 0 Å². The molecule has 1 aromatic rings. The topological polar surface area (TPSA) is 43.1 Å². The molecule has 0 aliphatic heterocycles. The van der Waals surface area contributed by atoms with Crippen LogP contribution in [0, 0.1) is 17.0 Å². The Kier molecular flexibility index (Phi) is 3.57. The Morgan fingerprint density at radius 3 is 2.38 bits per heavy atom. The molecular weight excluding hydrogens is 291 g/mol. The molecule has 0 atom stereocenters. The van der Waals surface area contributed by atoms with Gasteiger partial charge in [-0.15, -0.1) is 0 Å². The molecule has 7 heteroatoms. The number of hydrogen-bond acceptors (Lipinski definition) is 2. The zero-order chi connectivity index (χ0) is 12.5. The summed E-state index contributed by atoms with van der Waals surface area (Å²) in [6.07, 6.45) is -4.57. The molecule has 0 N–H and O–H groups in total. The second-order valence-corrected chi connectivity index (χ2v) is 3.75. The van der Waals surface area contributed by atoms with E-state index in [0.717, 1.165) is 0 Å². The van der Waals surface area contributed by atoms with E-state index in [-0.39, 0.29) is 16.5 Å². The van der Waals surface area contributed by atoms with Crippen molar-refractivity contribution in [2.24, 2.45) is 0 Å². The van der Waals surface area contributed by atoms with Crippen molar-refractivity contribution in [3.8, 4) is 0 Å². The first kappa shape index (κ1) is 13.0. The van der Waals surface area contributed by atoms with Crippen LogP contribution in [0.4, 0.5) is 18.9 Å². The van der Waals surface area contributed by atoms with Crippen molar-refractivity contribution in [1.29, 1.82) is 0 Å². The highest BCUT2D eigenvalue weighted by Gasteiger charge is 2.34. The summed E-state index contributed by atoms with van der Waals surface area (Å²) in [5.41, 5.74) is -1.28. The maximum absolute atomic E-state index is 12.5. The Morgan fingerprint density at radius 2 is 2.00 bits per heavy atom. The van der Waals surface area contributed by atoms with Gasteiger partial charge < -0.3 is 0 Å². The van der Waals surface area contributed by atoms with Crippen LogP contribution in [0.1, 0.15) is 16.7 Å². The first-order chi connectivity index (χ1) is 7.27. The van der Waals surface area contributed by atoms with Gasteiger partial charge in [0.2, 0.25) is 0 Å². The number of benzene rings is 1. The van der Waals surface area contributed by atoms with Gasteiger partial charge in [0, 0.05) is 17.0 Å². The van der Waals surface area contributed by atoms with E-state index in [1.165, 1.54) is 13.0 Å². The van der Waals surface area contributed by atoms with Crippen LogP contribution in [0.3, 0.4) is 0 Å². The van der Waals surface area contributed by atoms with Crippen molar-refractivity contribution >= 4 is 21.6 Å². The van der Waals surface area contributed by atoms with Gasteiger partial charge in [0.1, 0.15) is 0 Å². The van der Waals surface area contributed by atoms with Crippen LogP contribution >= 0.6 is 15.9 Å². The highest BCUT2D eigenvalue weighted by atomic mass is 79.9. The number of nitro groups is 1. The Morgan fingerprint density at radius 1 is 1.44 bits per heavy atom. The molecule has 0 radical (unpaired) electrons. The minimum atomic E-state index is -4.57. The van der Waals surface area contributed by atoms with Crippen molar-refractivity contribution in [3.63, 3.8) is 0 Å². The summed E-state index contributed by atoms with van der Waals surface area (Å²) >= 11 is 3.00. The molecule has 0 unspecified atom stereocenters. The van der Waals surface area contributed by atoms with Crippen molar-refractivity contribution in [1.82, 2.24) is 0 Å². The van der Waals surface area contributed by atoms with Crippen LogP contribution in [-0.4, -0.2) is 4.92 Å². The molecule has 0 bridgehead atoms. The number of nitro benzene ring substituents is 1. The molecule has 0 spiro atoms. The number of alkyl halides is 4. The molecule has 1 rings (SSSR count). The smallest absolute Gasteiger partial charge is 0.258 e. The SMILES string of the molecule is Cc1cc(CBr)c([N+](=O)[O-])cc1C(F)(F)F. The lowest BCUT2D eigenvalue weighted by molar-refractivity contribution is -0.385. The van der Waals surface area contributed by atoms with Gasteiger partial charge in [-0.05, 0) is 18.6 Å². The first-order valence-corrected chi connectivity index (χ1v) is 5.30. The van der Waals surface area contributed by atoms with E-state index in [4.69, 9.17) is 0 Å². The van der Waals surface area contributed by atoms with Crippen molar-refractivity contribution in [2.45, 2.75) is 18.4 Å². The van der Waals surface area contributed by atoms with E-state index < -0.39 is 22.4 Å². The van der Waals surface area contributed by atoms with Crippen LogP contribution in [-0.2, 0) is 11.5 Å². The molecule has 0 saturated heterocycles. The van der Waals surface area contributed by atoms with Crippen molar-refractivity contribution < 1.29 is 18.1 Å². The summed E-state index contributed by atoms with van der Waals surface area (Å²) in [7, 11) is 0. The Balaban J connectivity index is 3.45. The fraction of sp³-hybridized carbons (Fsp3) is 0.333. The number of halogens is 4. The van der Waals surface area contributed by atoms with E-state index in [2.05, 4.69) is 15.9 Å². The van der Waals surface area contributed by atoms with Crippen molar-refractivity contribution in [3.05, 3.63) is 38.9 Å². The first-order valence-electron chi connectivity index (χ1n) is 4.18. The zero-order valence-electron chi connectivity index (χ0n) is 8.14. The van der Waals surface area contributed by atoms with E-state index >= 15 is 0 Å². The van der Waals surface area contributed by atoms with Gasteiger partial charge in [0.05, 0.1) is 10.5 Å². The highest BCUT2D eigenvalue weighted by molar-refractivity contribution is 9.08. The molecule has 3 nitrogen and oxygen atoms in total. The summed E-state index contributed by atoms with van der Waals surface area (Å²) < 4.78 is 37.5. The molecule has 1 aromatic carbocycles. The van der Waals surface area contributed by atoms with Crippen LogP contribution in [0.2, 0.25) is 0 Å². The largest absolute Gasteiger partial charge is 0.416 e. The molecule has 0 saturated carbocycles. The Bertz CT molecular complexity index is 431. The maximum Gasteiger partial charge on any atom is 0.416 e. The monoisotopic (exact) mass is 297 g/mol. The second kappa shape index (κ2) is 4.40. The quantitative estimate of drug-likeness (QED) is 0.473. The van der Waals surface area contributed by atoms with E-state index in [1.807, 2.05) is 0 Å². The molecule has 0 aliphatic rings. The molecule has 0 aliphatic carbocycles. The average Bonchev–Trinajstić information content (AvgIpc) is 2.14. The van der Waals surface area contributed by atoms with E-state index in [9.17, 15) is 23.3 Å². The fourth-order valence-corrected chi connectivity index (χ4v) is 1.79. The van der Waals surface area contributed by atoms with Crippen LogP contribution in [0.5, 0.6) is 0 Å². The van der Waals surface area contributed by atoms with Gasteiger partial charge in [0.15, 0.2) is 0 Å². The summed E-state index contributed by atoms with van der Waals surface area (Å²) in [4.78, 5) is 9.77. The fourth-order valence-electron chi connectivity index (χ4n) is 1.34. The van der Waals surface area contributed by atoms with Gasteiger partial charge in [-0.3, -0.25) is 10.1 Å². The second-order valence-electron chi connectivity index (χ2n) is 3.18. The van der Waals surface area contributed by atoms with Gasteiger partial charge in [-0.1, -0.05) is 15.9 Å². The van der Waals surface area contributed by atoms with E-state index in [0.29, 0.717) is 6.07 Å². The van der Waals surface area contributed by atoms with E-state index in [1.54, 1.807) is 0 Å². The third-order valence-corrected chi connectivity index (χ3v) is 2.68. The summed E-state index contributed by atoms with van der Waals surface area (Å²) in [6, 6.07) is 1.75. The lowest BCUT2D eigenvalue weighted by atomic mass is 10.0. The molecule has 0 fully saturated rings. The summed E-state index contributed by atoms with van der Waals surface area (Å²) in [6.45, 7) is 1.28. The van der Waals surface area contributed by atoms with Gasteiger partial charge in [0.25, 0.3) is 5.69 Å². The number of rotatable bonds is 2. The predicted octanol–water partition coefficient (Wildman–Crippen LogP) is 3.82. The molecule has 16 heavy (non-hydrogen) atoms. The zero-order valence-corrected chi connectivity index (χ0v) is 9.72. The number of hydrogen-bond donors (Lipinski definition) is 0. The number of aryl methyl sites for hydroxylation is 1. The summed E-state index contributed by atoms with van der Waals surface area (Å²) in [5.74, 6) is 0. The van der Waals surface area contributed by atoms with Crippen LogP contribution < -0.4 is 0 Å². The molecule has 0 heterocycles. The molecular formula is C9H7BrF3NO2. The summed E-state index contributed by atoms with van der Waals surface area (Å²) in [5, 5.41) is 10.7. The van der Waals surface area contributed by atoms with Gasteiger partial charge in [-0.2, -0.15) is 13.2 Å². The maximum atomic E-state index is 12.5. The molecule has 0 amide bonds. The minimum absolute atomic E-state index is 0.0208. The predicted molar refractivity (Wildman–Crippen MR) is 55.5 cm³/mol. The lowest BCUT2D eigenvalue weighted by Crippen LogP contribution is -2.09. The standard InChI is InChI=1S/C9H7BrF3NO2/c1-5-2-6(4-10)8(14(15)16)3-7(5)9(11,12)13/h2-3H,4H2,1H3. The normalized spacial score (nSPS) is 11.6.